The van der Waals surface area contributed by atoms with Crippen molar-refractivity contribution in [2.75, 3.05) is 13.1 Å². The molecule has 0 spiro atoms. The number of aromatic nitrogens is 3. The standard InChI is InChI=1S/C31H33N5O/c1-22(32-30(37)14-12-23-7-3-2-4-8-23)31-34-33-29-15-16-35(17-18-36(29)31)21-24-11-13-28-26(19-24)20-25-9-5-6-10-27(25)28/h2-11,13,19,22H,12,14-18,20-21H2,1H3,(H,32,37). The first kappa shape index (κ1) is 23.6. The maximum absolute atomic E-state index is 12.6. The average Bonchev–Trinajstić information content (AvgIpc) is 3.44. The quantitative estimate of drug-likeness (QED) is 0.358. The van der Waals surface area contributed by atoms with Gasteiger partial charge in [-0.05, 0) is 53.1 Å². The third kappa shape index (κ3) is 5.07. The van der Waals surface area contributed by atoms with Gasteiger partial charge in [-0.2, -0.15) is 0 Å². The minimum atomic E-state index is -0.172. The largest absolute Gasteiger partial charge is 0.346 e. The Morgan fingerprint density at radius 2 is 1.70 bits per heavy atom. The van der Waals surface area contributed by atoms with Crippen LogP contribution >= 0.6 is 0 Å². The molecule has 1 atom stereocenters. The molecule has 6 rings (SSSR count). The van der Waals surface area contributed by atoms with E-state index in [9.17, 15) is 4.79 Å². The number of aryl methyl sites for hydroxylation is 1. The molecule has 1 aliphatic carbocycles. The molecule has 6 heteroatoms. The van der Waals surface area contributed by atoms with Crippen molar-refractivity contribution < 1.29 is 4.79 Å². The van der Waals surface area contributed by atoms with Gasteiger partial charge in [0.1, 0.15) is 5.82 Å². The molecular formula is C31H33N5O. The molecule has 1 N–H and O–H groups in total. The molecule has 3 aromatic carbocycles. The molecule has 6 nitrogen and oxygen atoms in total. The van der Waals surface area contributed by atoms with E-state index in [1.54, 1.807) is 0 Å². The number of hydrogen-bond acceptors (Lipinski definition) is 4. The highest BCUT2D eigenvalue weighted by atomic mass is 16.1. The molecule has 188 valence electrons. The molecule has 0 saturated carbocycles. The second-order valence-electron chi connectivity index (χ2n) is 10.3. The minimum absolute atomic E-state index is 0.0442. The molecule has 0 radical (unpaired) electrons. The van der Waals surface area contributed by atoms with Crippen molar-refractivity contribution in [1.29, 1.82) is 0 Å². The first-order valence-corrected chi connectivity index (χ1v) is 13.3. The smallest absolute Gasteiger partial charge is 0.220 e. The summed E-state index contributed by atoms with van der Waals surface area (Å²) in [4.78, 5) is 15.1. The Bertz CT molecular complexity index is 1410. The molecule has 2 heterocycles. The predicted molar refractivity (Wildman–Crippen MR) is 145 cm³/mol. The number of carbonyl (C=O) groups excluding carboxylic acids is 1. The molecule has 0 saturated heterocycles. The van der Waals surface area contributed by atoms with Gasteiger partial charge in [0, 0.05) is 39.0 Å². The van der Waals surface area contributed by atoms with Crippen molar-refractivity contribution in [1.82, 2.24) is 25.0 Å². The Labute approximate surface area is 218 Å². The topological polar surface area (TPSA) is 63.1 Å². The monoisotopic (exact) mass is 491 g/mol. The highest BCUT2D eigenvalue weighted by molar-refractivity contribution is 5.77. The number of nitrogens with one attached hydrogen (secondary N) is 1. The van der Waals surface area contributed by atoms with Crippen LogP contribution in [0, 0.1) is 0 Å². The van der Waals surface area contributed by atoms with E-state index < -0.39 is 0 Å². The van der Waals surface area contributed by atoms with Crippen LogP contribution in [0.2, 0.25) is 0 Å². The van der Waals surface area contributed by atoms with Crippen molar-refractivity contribution >= 4 is 5.91 Å². The van der Waals surface area contributed by atoms with Crippen LogP contribution in [0.25, 0.3) is 11.1 Å². The van der Waals surface area contributed by atoms with E-state index in [1.807, 2.05) is 25.1 Å². The van der Waals surface area contributed by atoms with Crippen molar-refractivity contribution in [2.45, 2.75) is 51.7 Å². The number of carbonyl (C=O) groups is 1. The number of hydrogen-bond donors (Lipinski definition) is 1. The molecule has 2 aliphatic rings. The SMILES string of the molecule is CC(NC(=O)CCc1ccccc1)c1nnc2n1CCN(Cc1ccc3c(c1)Cc1ccccc1-3)CC2. The molecule has 1 aliphatic heterocycles. The summed E-state index contributed by atoms with van der Waals surface area (Å²) in [6.07, 6.45) is 3.09. The van der Waals surface area contributed by atoms with Gasteiger partial charge in [-0.15, -0.1) is 10.2 Å². The van der Waals surface area contributed by atoms with Gasteiger partial charge in [0.25, 0.3) is 0 Å². The maximum Gasteiger partial charge on any atom is 0.220 e. The van der Waals surface area contributed by atoms with Crippen LogP contribution in [0.3, 0.4) is 0 Å². The van der Waals surface area contributed by atoms with E-state index in [2.05, 4.69) is 79.6 Å². The zero-order chi connectivity index (χ0) is 25.2. The Kier molecular flexibility index (Phi) is 6.58. The van der Waals surface area contributed by atoms with E-state index in [1.165, 1.54) is 33.4 Å². The fourth-order valence-electron chi connectivity index (χ4n) is 5.70. The van der Waals surface area contributed by atoms with Crippen molar-refractivity contribution in [3.05, 3.63) is 107 Å². The predicted octanol–water partition coefficient (Wildman–Crippen LogP) is 4.72. The van der Waals surface area contributed by atoms with Crippen LogP contribution in [-0.4, -0.2) is 38.7 Å². The first-order valence-electron chi connectivity index (χ1n) is 13.3. The Hall–Kier alpha value is -3.77. The zero-order valence-corrected chi connectivity index (χ0v) is 21.4. The summed E-state index contributed by atoms with van der Waals surface area (Å²) >= 11 is 0. The summed E-state index contributed by atoms with van der Waals surface area (Å²) < 4.78 is 2.21. The summed E-state index contributed by atoms with van der Waals surface area (Å²) in [6.45, 7) is 5.65. The fourth-order valence-corrected chi connectivity index (χ4v) is 5.70. The Balaban J connectivity index is 1.06. The zero-order valence-electron chi connectivity index (χ0n) is 21.4. The van der Waals surface area contributed by atoms with Crippen LogP contribution < -0.4 is 5.32 Å². The fraction of sp³-hybridized carbons (Fsp3) is 0.323. The number of amides is 1. The maximum atomic E-state index is 12.6. The lowest BCUT2D eigenvalue weighted by molar-refractivity contribution is -0.121. The van der Waals surface area contributed by atoms with Crippen LogP contribution in [0.1, 0.15) is 53.3 Å². The molecule has 1 aromatic heterocycles. The number of nitrogens with zero attached hydrogens (tertiary/aromatic N) is 4. The lowest BCUT2D eigenvalue weighted by atomic mass is 10.0. The molecule has 0 fully saturated rings. The van der Waals surface area contributed by atoms with Gasteiger partial charge in [-0.25, -0.2) is 0 Å². The van der Waals surface area contributed by atoms with Crippen LogP contribution in [0.4, 0.5) is 0 Å². The summed E-state index contributed by atoms with van der Waals surface area (Å²) in [5.74, 6) is 1.90. The highest BCUT2D eigenvalue weighted by Crippen LogP contribution is 2.36. The van der Waals surface area contributed by atoms with Crippen LogP contribution in [0.15, 0.2) is 72.8 Å². The normalized spacial score (nSPS) is 15.4. The van der Waals surface area contributed by atoms with Crippen LogP contribution in [-0.2, 0) is 37.1 Å². The van der Waals surface area contributed by atoms with Gasteiger partial charge in [0.05, 0.1) is 6.04 Å². The summed E-state index contributed by atoms with van der Waals surface area (Å²) in [6, 6.07) is 25.7. The molecule has 4 aromatic rings. The van der Waals surface area contributed by atoms with Crippen molar-refractivity contribution in [3.63, 3.8) is 0 Å². The van der Waals surface area contributed by atoms with Gasteiger partial charge < -0.3 is 9.88 Å². The van der Waals surface area contributed by atoms with E-state index in [-0.39, 0.29) is 11.9 Å². The van der Waals surface area contributed by atoms with Gasteiger partial charge in [0.15, 0.2) is 5.82 Å². The molecule has 1 unspecified atom stereocenters. The lowest BCUT2D eigenvalue weighted by Crippen LogP contribution is -2.30. The summed E-state index contributed by atoms with van der Waals surface area (Å²) in [5.41, 5.74) is 8.16. The second kappa shape index (κ2) is 10.3. The molecule has 1 amide bonds. The summed E-state index contributed by atoms with van der Waals surface area (Å²) in [5, 5.41) is 12.1. The Morgan fingerprint density at radius 1 is 0.892 bits per heavy atom. The third-order valence-electron chi connectivity index (χ3n) is 7.66. The third-order valence-corrected chi connectivity index (χ3v) is 7.66. The van der Waals surface area contributed by atoms with E-state index in [0.717, 1.165) is 57.1 Å². The van der Waals surface area contributed by atoms with Gasteiger partial charge >= 0.3 is 0 Å². The highest BCUT2D eigenvalue weighted by Gasteiger charge is 2.23. The average molecular weight is 492 g/mol. The van der Waals surface area contributed by atoms with Gasteiger partial charge in [-0.1, -0.05) is 72.8 Å². The minimum Gasteiger partial charge on any atom is -0.346 e. The summed E-state index contributed by atoms with van der Waals surface area (Å²) in [7, 11) is 0. The van der Waals surface area contributed by atoms with Crippen molar-refractivity contribution in [3.8, 4) is 11.1 Å². The lowest BCUT2D eigenvalue weighted by Gasteiger charge is -2.20. The van der Waals surface area contributed by atoms with Gasteiger partial charge in [-0.3, -0.25) is 9.69 Å². The molecular weight excluding hydrogens is 458 g/mol. The second-order valence-corrected chi connectivity index (χ2v) is 10.3. The Morgan fingerprint density at radius 3 is 2.59 bits per heavy atom. The van der Waals surface area contributed by atoms with E-state index in [4.69, 9.17) is 0 Å². The number of rotatable bonds is 7. The van der Waals surface area contributed by atoms with Crippen LogP contribution in [0.5, 0.6) is 0 Å². The van der Waals surface area contributed by atoms with Gasteiger partial charge in [0.2, 0.25) is 5.91 Å². The van der Waals surface area contributed by atoms with E-state index in [0.29, 0.717) is 6.42 Å². The van der Waals surface area contributed by atoms with E-state index >= 15 is 0 Å². The first-order chi connectivity index (χ1) is 18.1. The number of fused-ring (bicyclic) bond motifs is 4. The molecule has 0 bridgehead atoms. The van der Waals surface area contributed by atoms with Crippen molar-refractivity contribution in [2.24, 2.45) is 0 Å². The molecule has 37 heavy (non-hydrogen) atoms. The number of benzene rings is 3.